The predicted molar refractivity (Wildman–Crippen MR) is 91.2 cm³/mol. The average molecular weight is 302 g/mol. The molecule has 22 heavy (non-hydrogen) atoms. The summed E-state index contributed by atoms with van der Waals surface area (Å²) in [5.41, 5.74) is 3.18. The Morgan fingerprint density at radius 1 is 1.18 bits per heavy atom. The van der Waals surface area contributed by atoms with Crippen LogP contribution in [0.3, 0.4) is 0 Å². The highest BCUT2D eigenvalue weighted by molar-refractivity contribution is 5.66. The number of carboxylic acid groups (broad SMARTS) is 1. The van der Waals surface area contributed by atoms with Crippen LogP contribution in [0.25, 0.3) is 0 Å². The summed E-state index contributed by atoms with van der Waals surface area (Å²) in [6, 6.07) is 8.83. The number of carboxylic acids is 1. The van der Waals surface area contributed by atoms with Gasteiger partial charge in [0, 0.05) is 6.42 Å². The van der Waals surface area contributed by atoms with Crippen molar-refractivity contribution < 1.29 is 9.90 Å². The Balaban J connectivity index is 1.92. The molecule has 0 spiro atoms. The van der Waals surface area contributed by atoms with Gasteiger partial charge in [0.25, 0.3) is 0 Å². The van der Waals surface area contributed by atoms with Crippen LogP contribution in [0, 0.1) is 11.3 Å². The molecule has 0 heterocycles. The third-order valence-electron chi connectivity index (χ3n) is 5.23. The first kappa shape index (κ1) is 17.1. The van der Waals surface area contributed by atoms with Gasteiger partial charge in [0.05, 0.1) is 0 Å². The molecule has 1 N–H and O–H groups in total. The molecule has 0 saturated heterocycles. The number of carbonyl (C=O) groups is 1. The molecule has 0 unspecified atom stereocenters. The standard InChI is InChI=1S/C20H30O2/c1-20(2,3)18-12-10-16(11-13-18)17-8-4-6-15(14-17)7-5-9-19(21)22/h4,6,8,14,16,18H,5,7,9-13H2,1-3H3,(H,21,22). The largest absolute Gasteiger partial charge is 0.481 e. The molecule has 122 valence electrons. The highest BCUT2D eigenvalue weighted by Crippen LogP contribution is 2.43. The van der Waals surface area contributed by atoms with E-state index >= 15 is 0 Å². The molecule has 0 atom stereocenters. The van der Waals surface area contributed by atoms with Gasteiger partial charge >= 0.3 is 5.97 Å². The van der Waals surface area contributed by atoms with E-state index in [1.807, 2.05) is 0 Å². The second-order valence-electron chi connectivity index (χ2n) is 7.91. The van der Waals surface area contributed by atoms with Crippen LogP contribution in [0.15, 0.2) is 24.3 Å². The number of aryl methyl sites for hydroxylation is 1. The van der Waals surface area contributed by atoms with E-state index in [1.54, 1.807) is 0 Å². The Labute approximate surface area is 134 Å². The molecule has 1 aromatic rings. The van der Waals surface area contributed by atoms with Crippen LogP contribution in [-0.4, -0.2) is 11.1 Å². The average Bonchev–Trinajstić information content (AvgIpc) is 2.46. The fourth-order valence-electron chi connectivity index (χ4n) is 3.74. The van der Waals surface area contributed by atoms with Gasteiger partial charge in [-0.1, -0.05) is 45.0 Å². The number of hydrogen-bond acceptors (Lipinski definition) is 1. The Morgan fingerprint density at radius 3 is 2.45 bits per heavy atom. The molecule has 0 aromatic heterocycles. The summed E-state index contributed by atoms with van der Waals surface area (Å²) in [6.07, 6.45) is 7.11. The summed E-state index contributed by atoms with van der Waals surface area (Å²) in [5.74, 6) is 0.845. The third kappa shape index (κ3) is 4.86. The lowest BCUT2D eigenvalue weighted by atomic mass is 9.68. The van der Waals surface area contributed by atoms with E-state index in [2.05, 4.69) is 45.0 Å². The van der Waals surface area contributed by atoms with Gasteiger partial charge in [-0.3, -0.25) is 4.79 Å². The zero-order chi connectivity index (χ0) is 16.2. The maximum absolute atomic E-state index is 10.6. The van der Waals surface area contributed by atoms with E-state index in [1.165, 1.54) is 36.8 Å². The second kappa shape index (κ2) is 7.30. The fourth-order valence-corrected chi connectivity index (χ4v) is 3.74. The van der Waals surface area contributed by atoms with Crippen LogP contribution in [-0.2, 0) is 11.2 Å². The molecule has 0 amide bonds. The van der Waals surface area contributed by atoms with Gasteiger partial charge in [0.2, 0.25) is 0 Å². The smallest absolute Gasteiger partial charge is 0.303 e. The number of aliphatic carboxylic acids is 1. The summed E-state index contributed by atoms with van der Waals surface area (Å²) in [4.78, 5) is 10.6. The van der Waals surface area contributed by atoms with Gasteiger partial charge in [-0.15, -0.1) is 0 Å². The normalized spacial score (nSPS) is 22.5. The molecule has 1 aliphatic carbocycles. The zero-order valence-corrected chi connectivity index (χ0v) is 14.3. The SMILES string of the molecule is CC(C)(C)C1CCC(c2cccc(CCCC(=O)O)c2)CC1. The molecule has 2 heteroatoms. The van der Waals surface area contributed by atoms with E-state index in [4.69, 9.17) is 5.11 Å². The van der Waals surface area contributed by atoms with Crippen LogP contribution >= 0.6 is 0 Å². The first-order valence-corrected chi connectivity index (χ1v) is 8.67. The minimum atomic E-state index is -0.698. The highest BCUT2D eigenvalue weighted by Gasteiger charge is 2.30. The minimum Gasteiger partial charge on any atom is -0.481 e. The molecule has 1 aromatic carbocycles. The molecule has 2 rings (SSSR count). The number of hydrogen-bond donors (Lipinski definition) is 1. The summed E-state index contributed by atoms with van der Waals surface area (Å²) < 4.78 is 0. The lowest BCUT2D eigenvalue weighted by Gasteiger charge is -2.37. The topological polar surface area (TPSA) is 37.3 Å². The quantitative estimate of drug-likeness (QED) is 0.789. The van der Waals surface area contributed by atoms with Crippen molar-refractivity contribution in [3.8, 4) is 0 Å². The predicted octanol–water partition coefficient (Wildman–Crippen LogP) is 5.41. The maximum Gasteiger partial charge on any atom is 0.303 e. The van der Waals surface area contributed by atoms with Crippen molar-refractivity contribution in [1.29, 1.82) is 0 Å². The van der Waals surface area contributed by atoms with Gasteiger partial charge in [0.1, 0.15) is 0 Å². The lowest BCUT2D eigenvalue weighted by Crippen LogP contribution is -2.25. The van der Waals surface area contributed by atoms with Crippen LogP contribution in [0.2, 0.25) is 0 Å². The van der Waals surface area contributed by atoms with Crippen molar-refractivity contribution in [3.63, 3.8) is 0 Å². The van der Waals surface area contributed by atoms with Crippen molar-refractivity contribution in [2.45, 2.75) is 71.6 Å². The van der Waals surface area contributed by atoms with Crippen LogP contribution < -0.4 is 0 Å². The molecule has 1 saturated carbocycles. The maximum atomic E-state index is 10.6. The Kier molecular flexibility index (Phi) is 5.66. The number of rotatable bonds is 5. The van der Waals surface area contributed by atoms with Crippen molar-refractivity contribution >= 4 is 5.97 Å². The first-order chi connectivity index (χ1) is 10.4. The molecule has 0 radical (unpaired) electrons. The minimum absolute atomic E-state index is 0.265. The summed E-state index contributed by atoms with van der Waals surface area (Å²) in [7, 11) is 0. The van der Waals surface area contributed by atoms with E-state index in [0.29, 0.717) is 11.3 Å². The summed E-state index contributed by atoms with van der Waals surface area (Å²) in [6.45, 7) is 7.09. The third-order valence-corrected chi connectivity index (χ3v) is 5.23. The van der Waals surface area contributed by atoms with Crippen molar-refractivity contribution in [2.75, 3.05) is 0 Å². The van der Waals surface area contributed by atoms with Crippen LogP contribution in [0.4, 0.5) is 0 Å². The number of benzene rings is 1. The van der Waals surface area contributed by atoms with E-state index < -0.39 is 5.97 Å². The highest BCUT2D eigenvalue weighted by atomic mass is 16.4. The van der Waals surface area contributed by atoms with Crippen LogP contribution in [0.5, 0.6) is 0 Å². The molecule has 0 aliphatic heterocycles. The van der Waals surface area contributed by atoms with Crippen molar-refractivity contribution in [3.05, 3.63) is 35.4 Å². The van der Waals surface area contributed by atoms with Gasteiger partial charge in [-0.2, -0.15) is 0 Å². The van der Waals surface area contributed by atoms with E-state index in [0.717, 1.165) is 18.8 Å². The molecular weight excluding hydrogens is 272 g/mol. The Morgan fingerprint density at radius 2 is 1.86 bits per heavy atom. The van der Waals surface area contributed by atoms with Gasteiger partial charge < -0.3 is 5.11 Å². The Bertz CT molecular complexity index is 491. The van der Waals surface area contributed by atoms with Gasteiger partial charge in [0.15, 0.2) is 0 Å². The van der Waals surface area contributed by atoms with Crippen LogP contribution in [0.1, 0.15) is 76.3 Å². The molecule has 1 aliphatic rings. The lowest BCUT2D eigenvalue weighted by molar-refractivity contribution is -0.137. The van der Waals surface area contributed by atoms with E-state index in [9.17, 15) is 4.79 Å². The van der Waals surface area contributed by atoms with Gasteiger partial charge in [-0.25, -0.2) is 0 Å². The van der Waals surface area contributed by atoms with E-state index in [-0.39, 0.29) is 6.42 Å². The first-order valence-electron chi connectivity index (χ1n) is 8.67. The zero-order valence-electron chi connectivity index (χ0n) is 14.3. The second-order valence-corrected chi connectivity index (χ2v) is 7.91. The molecule has 0 bridgehead atoms. The molecule has 2 nitrogen and oxygen atoms in total. The summed E-state index contributed by atoms with van der Waals surface area (Å²) >= 11 is 0. The summed E-state index contributed by atoms with van der Waals surface area (Å²) in [5, 5.41) is 8.74. The van der Waals surface area contributed by atoms with Gasteiger partial charge in [-0.05, 0) is 66.9 Å². The van der Waals surface area contributed by atoms with Crippen molar-refractivity contribution in [1.82, 2.24) is 0 Å². The Hall–Kier alpha value is -1.31. The monoisotopic (exact) mass is 302 g/mol. The molecule has 1 fully saturated rings. The van der Waals surface area contributed by atoms with Crippen molar-refractivity contribution in [2.24, 2.45) is 11.3 Å². The molecular formula is C20H30O2. The fraction of sp³-hybridized carbons (Fsp3) is 0.650.